The van der Waals surface area contributed by atoms with Crippen LogP contribution in [0.4, 0.5) is 5.82 Å². The second-order valence-corrected chi connectivity index (χ2v) is 7.91. The zero-order chi connectivity index (χ0) is 20.3. The predicted molar refractivity (Wildman–Crippen MR) is 110 cm³/mol. The zero-order valence-corrected chi connectivity index (χ0v) is 17.4. The number of thioether (sulfide) groups is 1. The van der Waals surface area contributed by atoms with Crippen molar-refractivity contribution in [3.8, 4) is 17.1 Å². The van der Waals surface area contributed by atoms with E-state index in [1.165, 1.54) is 11.8 Å². The number of carbonyl (C=O) groups excluding carboxylic acids is 1. The molecular formula is C19H24N6O2S. The SMILES string of the molecule is COc1cccc(-c2nnc(S[C@H](C)C(=O)Nc3ccnn3C(C)C)n2C)c1. The molecule has 0 saturated carbocycles. The van der Waals surface area contributed by atoms with E-state index in [0.29, 0.717) is 16.8 Å². The molecule has 0 aliphatic carbocycles. The van der Waals surface area contributed by atoms with Crippen molar-refractivity contribution in [1.29, 1.82) is 0 Å². The molecule has 1 aromatic carbocycles. The van der Waals surface area contributed by atoms with Crippen LogP contribution in [0, 0.1) is 0 Å². The van der Waals surface area contributed by atoms with Crippen LogP contribution in [0.2, 0.25) is 0 Å². The molecule has 0 radical (unpaired) electrons. The lowest BCUT2D eigenvalue weighted by Gasteiger charge is -2.14. The minimum Gasteiger partial charge on any atom is -0.497 e. The van der Waals surface area contributed by atoms with Crippen molar-refractivity contribution in [2.24, 2.45) is 7.05 Å². The Bertz CT molecular complexity index is 965. The average molecular weight is 401 g/mol. The summed E-state index contributed by atoms with van der Waals surface area (Å²) in [4.78, 5) is 12.6. The van der Waals surface area contributed by atoms with E-state index in [1.807, 2.05) is 56.7 Å². The highest BCUT2D eigenvalue weighted by atomic mass is 32.2. The molecule has 1 N–H and O–H groups in total. The van der Waals surface area contributed by atoms with Gasteiger partial charge in [-0.05, 0) is 32.9 Å². The minimum atomic E-state index is -0.350. The summed E-state index contributed by atoms with van der Waals surface area (Å²) < 4.78 is 8.93. The maximum absolute atomic E-state index is 12.6. The maximum atomic E-state index is 12.6. The van der Waals surface area contributed by atoms with Gasteiger partial charge in [-0.2, -0.15) is 5.10 Å². The molecule has 0 bridgehead atoms. The minimum absolute atomic E-state index is 0.113. The summed E-state index contributed by atoms with van der Waals surface area (Å²) >= 11 is 1.36. The molecule has 3 rings (SSSR count). The number of rotatable bonds is 7. The molecule has 1 atom stereocenters. The van der Waals surface area contributed by atoms with Gasteiger partial charge >= 0.3 is 0 Å². The van der Waals surface area contributed by atoms with Crippen LogP contribution in [0.25, 0.3) is 11.4 Å². The fourth-order valence-electron chi connectivity index (χ4n) is 2.70. The number of hydrogen-bond acceptors (Lipinski definition) is 6. The van der Waals surface area contributed by atoms with E-state index in [0.717, 1.165) is 11.3 Å². The molecule has 28 heavy (non-hydrogen) atoms. The number of methoxy groups -OCH3 is 1. The van der Waals surface area contributed by atoms with Crippen LogP contribution in [0.1, 0.15) is 26.8 Å². The number of anilines is 1. The number of hydrogen-bond donors (Lipinski definition) is 1. The third-order valence-electron chi connectivity index (χ3n) is 4.22. The standard InChI is InChI=1S/C19H24N6O2S/c1-12(2)25-16(9-10-20-25)21-18(26)13(3)28-19-23-22-17(24(19)4)14-7-6-8-15(11-14)27-5/h6-13H,1-5H3,(H,21,26)/t13-/m1/s1. The monoisotopic (exact) mass is 400 g/mol. The van der Waals surface area contributed by atoms with Crippen LogP contribution in [-0.4, -0.2) is 42.8 Å². The Morgan fingerprint density at radius 2 is 2.00 bits per heavy atom. The molecule has 0 aliphatic heterocycles. The van der Waals surface area contributed by atoms with Crippen molar-refractivity contribution in [2.45, 2.75) is 37.2 Å². The first-order valence-corrected chi connectivity index (χ1v) is 9.83. The van der Waals surface area contributed by atoms with Gasteiger partial charge in [0.2, 0.25) is 5.91 Å². The van der Waals surface area contributed by atoms with Gasteiger partial charge in [-0.1, -0.05) is 23.9 Å². The summed E-state index contributed by atoms with van der Waals surface area (Å²) in [5.74, 6) is 2.04. The highest BCUT2D eigenvalue weighted by Crippen LogP contribution is 2.28. The average Bonchev–Trinajstić information content (AvgIpc) is 3.29. The van der Waals surface area contributed by atoms with Crippen molar-refractivity contribution in [2.75, 3.05) is 12.4 Å². The number of ether oxygens (including phenoxy) is 1. The molecular weight excluding hydrogens is 376 g/mol. The molecule has 8 nitrogen and oxygen atoms in total. The molecule has 0 aliphatic rings. The molecule has 2 heterocycles. The predicted octanol–water partition coefficient (Wildman–Crippen LogP) is 3.39. The third kappa shape index (κ3) is 4.19. The number of amides is 1. The number of benzene rings is 1. The lowest BCUT2D eigenvalue weighted by atomic mass is 10.2. The lowest BCUT2D eigenvalue weighted by molar-refractivity contribution is -0.115. The quantitative estimate of drug-likeness (QED) is 0.612. The Labute approximate surface area is 168 Å². The van der Waals surface area contributed by atoms with Gasteiger partial charge < -0.3 is 14.6 Å². The molecule has 9 heteroatoms. The molecule has 0 fully saturated rings. The third-order valence-corrected chi connectivity index (χ3v) is 5.36. The van der Waals surface area contributed by atoms with Crippen LogP contribution >= 0.6 is 11.8 Å². The zero-order valence-electron chi connectivity index (χ0n) is 16.6. The lowest BCUT2D eigenvalue weighted by Crippen LogP contribution is -2.25. The van der Waals surface area contributed by atoms with Gasteiger partial charge in [-0.15, -0.1) is 10.2 Å². The van der Waals surface area contributed by atoms with Gasteiger partial charge in [0.25, 0.3) is 0 Å². The molecule has 2 aromatic heterocycles. The molecule has 1 amide bonds. The summed E-state index contributed by atoms with van der Waals surface area (Å²) in [5.41, 5.74) is 0.902. The number of nitrogens with zero attached hydrogens (tertiary/aromatic N) is 5. The Balaban J connectivity index is 1.72. The van der Waals surface area contributed by atoms with Crippen LogP contribution in [0.15, 0.2) is 41.7 Å². The largest absolute Gasteiger partial charge is 0.497 e. The van der Waals surface area contributed by atoms with Gasteiger partial charge in [-0.25, -0.2) is 4.68 Å². The topological polar surface area (TPSA) is 86.9 Å². The number of nitrogens with one attached hydrogen (secondary N) is 1. The smallest absolute Gasteiger partial charge is 0.238 e. The first kappa shape index (κ1) is 19.9. The summed E-state index contributed by atoms with van der Waals surface area (Å²) in [7, 11) is 3.51. The van der Waals surface area contributed by atoms with Gasteiger partial charge in [0.15, 0.2) is 11.0 Å². The van der Waals surface area contributed by atoms with E-state index >= 15 is 0 Å². The van der Waals surface area contributed by atoms with E-state index in [1.54, 1.807) is 24.1 Å². The Morgan fingerprint density at radius 1 is 1.21 bits per heavy atom. The molecule has 0 saturated heterocycles. The summed E-state index contributed by atoms with van der Waals surface area (Å²) in [6, 6.07) is 9.59. The normalized spacial score (nSPS) is 12.2. The van der Waals surface area contributed by atoms with Crippen molar-refractivity contribution < 1.29 is 9.53 Å². The second kappa shape index (κ2) is 8.47. The van der Waals surface area contributed by atoms with Gasteiger partial charge in [0.05, 0.1) is 18.6 Å². The van der Waals surface area contributed by atoms with E-state index in [4.69, 9.17) is 4.74 Å². The first-order chi connectivity index (χ1) is 13.4. The van der Waals surface area contributed by atoms with Gasteiger partial charge in [0.1, 0.15) is 11.6 Å². The van der Waals surface area contributed by atoms with Gasteiger partial charge in [-0.3, -0.25) is 4.79 Å². The van der Waals surface area contributed by atoms with Crippen LogP contribution in [0.3, 0.4) is 0 Å². The molecule has 148 valence electrons. The summed E-state index contributed by atoms with van der Waals surface area (Å²) in [6.45, 7) is 5.87. The Kier molecular flexibility index (Phi) is 6.03. The Hall–Kier alpha value is -2.81. The first-order valence-electron chi connectivity index (χ1n) is 8.95. The van der Waals surface area contributed by atoms with E-state index in [-0.39, 0.29) is 17.2 Å². The fourth-order valence-corrected chi connectivity index (χ4v) is 3.51. The van der Waals surface area contributed by atoms with Crippen LogP contribution in [0.5, 0.6) is 5.75 Å². The van der Waals surface area contributed by atoms with Crippen LogP contribution < -0.4 is 10.1 Å². The molecule has 0 unspecified atom stereocenters. The highest BCUT2D eigenvalue weighted by molar-refractivity contribution is 8.00. The second-order valence-electron chi connectivity index (χ2n) is 6.60. The fraction of sp³-hybridized carbons (Fsp3) is 0.368. The summed E-state index contributed by atoms with van der Waals surface area (Å²) in [5, 5.41) is 16.0. The highest BCUT2D eigenvalue weighted by Gasteiger charge is 2.21. The maximum Gasteiger partial charge on any atom is 0.238 e. The molecule has 0 spiro atoms. The van der Waals surface area contributed by atoms with Crippen LogP contribution in [-0.2, 0) is 11.8 Å². The van der Waals surface area contributed by atoms with Crippen molar-refractivity contribution >= 4 is 23.5 Å². The van der Waals surface area contributed by atoms with Crippen molar-refractivity contribution in [3.05, 3.63) is 36.5 Å². The van der Waals surface area contributed by atoms with E-state index < -0.39 is 0 Å². The van der Waals surface area contributed by atoms with Gasteiger partial charge in [0, 0.05) is 24.7 Å². The van der Waals surface area contributed by atoms with E-state index in [9.17, 15) is 4.79 Å². The number of aromatic nitrogens is 5. The Morgan fingerprint density at radius 3 is 2.71 bits per heavy atom. The van der Waals surface area contributed by atoms with E-state index in [2.05, 4.69) is 20.6 Å². The number of carbonyl (C=O) groups is 1. The van der Waals surface area contributed by atoms with Crippen molar-refractivity contribution in [3.63, 3.8) is 0 Å². The summed E-state index contributed by atoms with van der Waals surface area (Å²) in [6.07, 6.45) is 1.68. The van der Waals surface area contributed by atoms with Crippen molar-refractivity contribution in [1.82, 2.24) is 24.5 Å². The molecule has 3 aromatic rings.